The van der Waals surface area contributed by atoms with Crippen molar-refractivity contribution in [1.82, 2.24) is 0 Å². The molecule has 1 nitrogen and oxygen atoms in total. The lowest BCUT2D eigenvalue weighted by Crippen LogP contribution is -2.48. The molecule has 0 aromatic heterocycles. The largest absolute Gasteiger partial charge is 0.310 e. The van der Waals surface area contributed by atoms with Crippen LogP contribution in [0.3, 0.4) is 0 Å². The van der Waals surface area contributed by atoms with Crippen molar-refractivity contribution in [3.8, 4) is 22.3 Å². The molecule has 0 N–H and O–H groups in total. The Balaban J connectivity index is 1.15. The van der Waals surface area contributed by atoms with Gasteiger partial charge in [0.2, 0.25) is 0 Å². The van der Waals surface area contributed by atoms with E-state index in [1.54, 1.807) is 5.56 Å². The van der Waals surface area contributed by atoms with E-state index in [-0.39, 0.29) is 0 Å². The van der Waals surface area contributed by atoms with Crippen molar-refractivity contribution >= 4 is 17.1 Å². The highest BCUT2D eigenvalue weighted by Crippen LogP contribution is 2.61. The van der Waals surface area contributed by atoms with Crippen molar-refractivity contribution in [1.29, 1.82) is 0 Å². The minimum Gasteiger partial charge on any atom is -0.310 e. The molecule has 1 heteroatoms. The van der Waals surface area contributed by atoms with Gasteiger partial charge in [-0.25, -0.2) is 0 Å². The molecule has 0 aliphatic heterocycles. The van der Waals surface area contributed by atoms with E-state index in [2.05, 4.69) is 132 Å². The lowest BCUT2D eigenvalue weighted by atomic mass is 9.48. The van der Waals surface area contributed by atoms with Gasteiger partial charge in [0, 0.05) is 17.1 Å². The summed E-state index contributed by atoms with van der Waals surface area (Å²) in [5.41, 5.74) is 12.2. The maximum atomic E-state index is 2.51. The Morgan fingerprint density at radius 1 is 0.447 bits per heavy atom. The Hall–Kier alpha value is -4.10. The molecular formula is C46H47N. The van der Waals surface area contributed by atoms with E-state index in [1.165, 1.54) is 116 Å². The van der Waals surface area contributed by atoms with Gasteiger partial charge in [0.15, 0.2) is 0 Å². The predicted octanol–water partition coefficient (Wildman–Crippen LogP) is 13.0. The van der Waals surface area contributed by atoms with Gasteiger partial charge >= 0.3 is 0 Å². The van der Waals surface area contributed by atoms with Gasteiger partial charge < -0.3 is 4.90 Å². The molecule has 5 aromatic rings. The fraction of sp³-hybridized carbons (Fsp3) is 0.348. The van der Waals surface area contributed by atoms with Crippen LogP contribution in [0.1, 0.15) is 87.7 Å². The number of hydrogen-bond donors (Lipinski definition) is 0. The number of hydrogen-bond acceptors (Lipinski definition) is 1. The van der Waals surface area contributed by atoms with Crippen molar-refractivity contribution < 1.29 is 0 Å². The summed E-state index contributed by atoms with van der Waals surface area (Å²) in [7, 11) is 0. The molecule has 5 saturated carbocycles. The number of rotatable bonds is 7. The van der Waals surface area contributed by atoms with Crippen LogP contribution < -0.4 is 4.90 Å². The first-order chi connectivity index (χ1) is 23.2. The van der Waals surface area contributed by atoms with Crippen LogP contribution in [0, 0.1) is 17.8 Å². The van der Waals surface area contributed by atoms with E-state index in [1.807, 2.05) is 0 Å². The Morgan fingerprint density at radius 3 is 1.45 bits per heavy atom. The molecule has 5 aromatic carbocycles. The van der Waals surface area contributed by atoms with E-state index in [4.69, 9.17) is 0 Å². The highest BCUT2D eigenvalue weighted by atomic mass is 15.1. The summed E-state index contributed by atoms with van der Waals surface area (Å²) in [5, 5.41) is 0. The summed E-state index contributed by atoms with van der Waals surface area (Å²) in [6, 6.07) is 48.4. The average Bonchev–Trinajstić information content (AvgIpc) is 3.13. The Morgan fingerprint density at radius 2 is 0.936 bits per heavy atom. The van der Waals surface area contributed by atoms with E-state index in [9.17, 15) is 0 Å². The summed E-state index contributed by atoms with van der Waals surface area (Å²) >= 11 is 0. The molecule has 0 heterocycles. The van der Waals surface area contributed by atoms with Crippen LogP contribution >= 0.6 is 0 Å². The maximum Gasteiger partial charge on any atom is 0.0473 e. The van der Waals surface area contributed by atoms with Gasteiger partial charge in [-0.15, -0.1) is 0 Å². The van der Waals surface area contributed by atoms with Crippen molar-refractivity contribution in [3.05, 3.63) is 139 Å². The molecule has 5 aliphatic rings. The van der Waals surface area contributed by atoms with Gasteiger partial charge in [-0.3, -0.25) is 0 Å². The Kier molecular flexibility index (Phi) is 7.53. The number of anilines is 3. The minimum absolute atomic E-state index is 0.410. The SMILES string of the molecule is c1ccc(-c2cc(-c3ccccc3)cc(N(c3ccc(C4CCCCC4)cc3)c3ccc(C45CC6CC(CC(C6)C4)C5)cc3)c2)cc1. The van der Waals surface area contributed by atoms with Crippen molar-refractivity contribution in [2.24, 2.45) is 17.8 Å². The summed E-state index contributed by atoms with van der Waals surface area (Å²) in [6.07, 6.45) is 15.5. The van der Waals surface area contributed by atoms with Crippen LogP contribution in [0.4, 0.5) is 17.1 Å². The van der Waals surface area contributed by atoms with Crippen LogP contribution in [-0.4, -0.2) is 0 Å². The summed E-state index contributed by atoms with van der Waals surface area (Å²) < 4.78 is 0. The Labute approximate surface area is 281 Å². The molecule has 236 valence electrons. The second-order valence-corrected chi connectivity index (χ2v) is 15.5. The molecule has 0 spiro atoms. The lowest BCUT2D eigenvalue weighted by Gasteiger charge is -2.57. The number of nitrogens with zero attached hydrogens (tertiary/aromatic N) is 1. The van der Waals surface area contributed by atoms with Crippen molar-refractivity contribution in [2.45, 2.75) is 82.0 Å². The normalized spacial score (nSPS) is 25.1. The summed E-state index contributed by atoms with van der Waals surface area (Å²) in [5.74, 6) is 3.57. The monoisotopic (exact) mass is 613 g/mol. The minimum atomic E-state index is 0.410. The average molecular weight is 614 g/mol. The van der Waals surface area contributed by atoms with Crippen LogP contribution in [0.2, 0.25) is 0 Å². The first-order valence-electron chi connectivity index (χ1n) is 18.5. The summed E-state index contributed by atoms with van der Waals surface area (Å²) in [6.45, 7) is 0. The molecule has 0 unspecified atom stereocenters. The van der Waals surface area contributed by atoms with E-state index in [0.29, 0.717) is 11.3 Å². The van der Waals surface area contributed by atoms with Gasteiger partial charge in [-0.2, -0.15) is 0 Å². The third-order valence-electron chi connectivity index (χ3n) is 12.4. The van der Waals surface area contributed by atoms with E-state index < -0.39 is 0 Å². The zero-order chi connectivity index (χ0) is 31.2. The van der Waals surface area contributed by atoms with Crippen molar-refractivity contribution in [3.63, 3.8) is 0 Å². The molecule has 0 amide bonds. The molecule has 0 radical (unpaired) electrons. The Bertz CT molecular complexity index is 1720. The molecule has 0 atom stereocenters. The fourth-order valence-corrected chi connectivity index (χ4v) is 10.5. The third-order valence-corrected chi connectivity index (χ3v) is 12.4. The molecule has 47 heavy (non-hydrogen) atoms. The predicted molar refractivity (Wildman–Crippen MR) is 198 cm³/mol. The third kappa shape index (κ3) is 5.62. The second kappa shape index (κ2) is 12.2. The highest BCUT2D eigenvalue weighted by Gasteiger charge is 2.51. The van der Waals surface area contributed by atoms with Gasteiger partial charge in [-0.1, -0.05) is 104 Å². The van der Waals surface area contributed by atoms with E-state index in [0.717, 1.165) is 17.8 Å². The summed E-state index contributed by atoms with van der Waals surface area (Å²) in [4.78, 5) is 2.51. The molecule has 5 aliphatic carbocycles. The molecule has 5 fully saturated rings. The first kappa shape index (κ1) is 29.1. The van der Waals surface area contributed by atoms with Crippen molar-refractivity contribution in [2.75, 3.05) is 4.90 Å². The van der Waals surface area contributed by atoms with Gasteiger partial charge in [-0.05, 0) is 156 Å². The van der Waals surface area contributed by atoms with E-state index >= 15 is 0 Å². The van der Waals surface area contributed by atoms with Crippen LogP contribution in [0.25, 0.3) is 22.3 Å². The van der Waals surface area contributed by atoms with Crippen LogP contribution in [0.5, 0.6) is 0 Å². The zero-order valence-electron chi connectivity index (χ0n) is 27.7. The quantitative estimate of drug-likeness (QED) is 0.176. The maximum absolute atomic E-state index is 2.51. The van der Waals surface area contributed by atoms with Gasteiger partial charge in [0.05, 0.1) is 0 Å². The zero-order valence-corrected chi connectivity index (χ0v) is 27.7. The fourth-order valence-electron chi connectivity index (χ4n) is 10.5. The van der Waals surface area contributed by atoms with Crippen LogP contribution in [-0.2, 0) is 5.41 Å². The standard InChI is InChI=1S/C46H47N/c1-4-10-36(11-5-1)39-16-20-43(21-17-39)47(44-22-18-42(19-23-44)46-30-33-24-34(31-46)26-35(25-33)32-46)45-28-40(37-12-6-2-7-13-37)27-41(29-45)38-14-8-3-9-15-38/h2-3,6-9,12-23,27-29,33-36H,1,4-5,10-11,24-26,30-32H2. The second-order valence-electron chi connectivity index (χ2n) is 15.5. The first-order valence-corrected chi connectivity index (χ1v) is 18.5. The number of benzene rings is 5. The molecule has 0 saturated heterocycles. The van der Waals surface area contributed by atoms with Gasteiger partial charge in [0.1, 0.15) is 0 Å². The molecular weight excluding hydrogens is 567 g/mol. The topological polar surface area (TPSA) is 3.24 Å². The van der Waals surface area contributed by atoms with Gasteiger partial charge in [0.25, 0.3) is 0 Å². The van der Waals surface area contributed by atoms with Crippen LogP contribution in [0.15, 0.2) is 127 Å². The molecule has 10 rings (SSSR count). The molecule has 4 bridgehead atoms. The highest BCUT2D eigenvalue weighted by molar-refractivity contribution is 5.85. The lowest BCUT2D eigenvalue weighted by molar-refractivity contribution is -0.00518. The smallest absolute Gasteiger partial charge is 0.0473 e.